The van der Waals surface area contributed by atoms with Crippen LogP contribution in [-0.2, 0) is 22.9 Å². The van der Waals surface area contributed by atoms with Gasteiger partial charge in [-0.05, 0) is 123 Å². The van der Waals surface area contributed by atoms with E-state index in [-0.39, 0.29) is 44.8 Å². The molecule has 0 aliphatic carbocycles. The summed E-state index contributed by atoms with van der Waals surface area (Å²) in [5.41, 5.74) is -0.597. The zero-order valence-electron chi connectivity index (χ0n) is 40.5. The van der Waals surface area contributed by atoms with Gasteiger partial charge in [0.25, 0.3) is 11.6 Å². The van der Waals surface area contributed by atoms with Gasteiger partial charge in [0, 0.05) is 69.7 Å². The van der Waals surface area contributed by atoms with Gasteiger partial charge in [-0.15, -0.1) is 0 Å². The van der Waals surface area contributed by atoms with Gasteiger partial charge in [0.2, 0.25) is 5.79 Å². The van der Waals surface area contributed by atoms with Gasteiger partial charge in [-0.3, -0.25) is 15.0 Å². The smallest absolute Gasteiger partial charge is 0.252 e. The molecule has 3 aromatic heterocycles. The molecule has 1 atom stereocenters. The lowest BCUT2D eigenvalue weighted by Gasteiger charge is -2.40. The minimum Gasteiger partial charge on any atom is -0.389 e. The van der Waals surface area contributed by atoms with Gasteiger partial charge in [0.05, 0.1) is 17.1 Å². The molecule has 7 aromatic carbocycles. The highest BCUT2D eigenvalue weighted by Crippen LogP contribution is 2.46. The molecule has 0 aliphatic rings. The van der Waals surface area contributed by atoms with Crippen LogP contribution in [0.3, 0.4) is 0 Å². The third-order valence-corrected chi connectivity index (χ3v) is 13.7. The standard InChI is InChI=1S/C61H43BF5N3O7/c62-58(71,40-15-23-55(68-32-40)48-21-18-45(64)29-53(48)66)59(72,73)42-25-39(26-43(27-42)61(76,77)60(74,75)41-16-24-56(69-33-41)49-22-19-46(65)30-54(49)67)50-28-44(63)17-20-47(50)52-34-70-57(38-9-5-2-6-10-38)31-51(52)37-13-11-36(12-14-37)35-7-3-1-4-8-35/h1-34,71-77H,62H2. The molecule has 1 unspecified atom stereocenters. The van der Waals surface area contributed by atoms with E-state index in [1.165, 1.54) is 24.3 Å². The number of aromatic nitrogens is 3. The van der Waals surface area contributed by atoms with Crippen LogP contribution in [0.15, 0.2) is 207 Å². The molecule has 10 nitrogen and oxygen atoms in total. The molecule has 7 N–H and O–H groups in total. The van der Waals surface area contributed by atoms with Crippen LogP contribution in [0.4, 0.5) is 22.0 Å². The number of hydrogen-bond acceptors (Lipinski definition) is 10. The van der Waals surface area contributed by atoms with Crippen LogP contribution in [0.5, 0.6) is 0 Å². The Balaban J connectivity index is 1.14. The van der Waals surface area contributed by atoms with Crippen LogP contribution in [0.1, 0.15) is 22.3 Å². The molecule has 0 amide bonds. The summed E-state index contributed by atoms with van der Waals surface area (Å²) >= 11 is 0. The molecule has 77 heavy (non-hydrogen) atoms. The number of rotatable bonds is 13. The zero-order valence-corrected chi connectivity index (χ0v) is 40.5. The van der Waals surface area contributed by atoms with Crippen LogP contribution in [0.25, 0.3) is 78.3 Å². The van der Waals surface area contributed by atoms with Crippen molar-refractivity contribution < 1.29 is 57.7 Å². The Morgan fingerprint density at radius 3 is 1.27 bits per heavy atom. The maximum absolute atomic E-state index is 15.9. The fourth-order valence-corrected chi connectivity index (χ4v) is 9.20. The second kappa shape index (κ2) is 20.2. The molecule has 0 fully saturated rings. The molecule has 3 heterocycles. The Bertz CT molecular complexity index is 3680. The summed E-state index contributed by atoms with van der Waals surface area (Å²) in [6, 6.07) is 45.3. The van der Waals surface area contributed by atoms with E-state index in [9.17, 15) is 53.3 Å². The molecule has 0 bridgehead atoms. The second-order valence-electron chi connectivity index (χ2n) is 18.6. The average Bonchev–Trinajstić information content (AvgIpc) is 3.43. The van der Waals surface area contributed by atoms with E-state index in [1.54, 1.807) is 6.20 Å². The van der Waals surface area contributed by atoms with Gasteiger partial charge in [0.1, 0.15) is 34.6 Å². The molecule has 0 spiro atoms. The summed E-state index contributed by atoms with van der Waals surface area (Å²) in [6.45, 7) is 0. The number of benzene rings is 7. The molecule has 0 radical (unpaired) electrons. The quantitative estimate of drug-likeness (QED) is 0.0334. The van der Waals surface area contributed by atoms with Crippen LogP contribution in [0.2, 0.25) is 0 Å². The highest BCUT2D eigenvalue weighted by atomic mass is 19.1. The first-order valence-corrected chi connectivity index (χ1v) is 23.8. The minimum atomic E-state index is -3.84. The topological polar surface area (TPSA) is 180 Å². The predicted molar refractivity (Wildman–Crippen MR) is 281 cm³/mol. The zero-order chi connectivity index (χ0) is 54.4. The number of aliphatic hydroxyl groups is 7. The summed E-state index contributed by atoms with van der Waals surface area (Å²) in [7, 11) is 0.988. The molecule has 0 saturated heterocycles. The fourth-order valence-electron chi connectivity index (χ4n) is 9.20. The Labute approximate surface area is 438 Å². The fraction of sp³-hybridized carbons (Fsp3) is 0.0656. The van der Waals surface area contributed by atoms with Crippen molar-refractivity contribution >= 4 is 7.85 Å². The molecular weight excluding hydrogens is 992 g/mol. The summed E-state index contributed by atoms with van der Waals surface area (Å²) < 4.78 is 73.0. The van der Waals surface area contributed by atoms with Crippen LogP contribution in [0, 0.1) is 29.1 Å². The van der Waals surface area contributed by atoms with Gasteiger partial charge in [-0.1, -0.05) is 97.1 Å². The first-order valence-electron chi connectivity index (χ1n) is 23.8. The van der Waals surface area contributed by atoms with Crippen molar-refractivity contribution in [3.63, 3.8) is 0 Å². The normalized spacial score (nSPS) is 12.8. The lowest BCUT2D eigenvalue weighted by molar-refractivity contribution is -0.375. The SMILES string of the molecule is BC(O)(c1ccc(-c2ccc(F)cc2F)nc1)C(O)(O)c1cc(-c2cc(F)ccc2-c2cnc(-c3ccccc3)cc2-c2ccc(-c3ccccc3)cc2)cc(C(O)(O)C(O)(O)c2ccc(-c3ccc(F)cc3F)nc2)c1. The Morgan fingerprint density at radius 1 is 0.299 bits per heavy atom. The third-order valence-electron chi connectivity index (χ3n) is 13.7. The lowest BCUT2D eigenvalue weighted by atomic mass is 9.67. The third kappa shape index (κ3) is 9.82. The van der Waals surface area contributed by atoms with E-state index in [0.29, 0.717) is 34.5 Å². The number of pyridine rings is 3. The average molecular weight is 1040 g/mol. The van der Waals surface area contributed by atoms with E-state index in [4.69, 9.17) is 4.98 Å². The summed E-state index contributed by atoms with van der Waals surface area (Å²) in [6.07, 6.45) is 3.39. The summed E-state index contributed by atoms with van der Waals surface area (Å²) in [5.74, 6) is -15.5. The predicted octanol–water partition coefficient (Wildman–Crippen LogP) is 9.83. The lowest BCUT2D eigenvalue weighted by Crippen LogP contribution is -2.51. The van der Waals surface area contributed by atoms with Crippen molar-refractivity contribution in [2.24, 2.45) is 0 Å². The number of nitrogens with zero attached hydrogens (tertiary/aromatic N) is 3. The van der Waals surface area contributed by atoms with E-state index < -0.39 is 68.6 Å². The maximum atomic E-state index is 15.9. The van der Waals surface area contributed by atoms with Crippen molar-refractivity contribution in [3.05, 3.63) is 258 Å². The van der Waals surface area contributed by atoms with E-state index in [2.05, 4.69) is 9.97 Å². The first kappa shape index (κ1) is 51.9. The van der Waals surface area contributed by atoms with Crippen molar-refractivity contribution in [3.8, 4) is 78.3 Å². The minimum absolute atomic E-state index is 0.0119. The van der Waals surface area contributed by atoms with Crippen LogP contribution in [-0.4, -0.2) is 58.5 Å². The molecule has 10 aromatic rings. The van der Waals surface area contributed by atoms with Gasteiger partial charge >= 0.3 is 0 Å². The largest absolute Gasteiger partial charge is 0.389 e. The van der Waals surface area contributed by atoms with Crippen LogP contribution >= 0.6 is 0 Å². The highest BCUT2D eigenvalue weighted by Gasteiger charge is 2.53. The van der Waals surface area contributed by atoms with Crippen molar-refractivity contribution in [2.75, 3.05) is 0 Å². The Kier molecular flexibility index (Phi) is 13.6. The number of halogens is 5. The van der Waals surface area contributed by atoms with Crippen molar-refractivity contribution in [2.45, 2.75) is 22.9 Å². The molecule has 0 aliphatic heterocycles. The van der Waals surface area contributed by atoms with Gasteiger partial charge in [-0.2, -0.15) is 0 Å². The van der Waals surface area contributed by atoms with Crippen molar-refractivity contribution in [1.29, 1.82) is 0 Å². The summed E-state index contributed by atoms with van der Waals surface area (Å²) in [4.78, 5) is 13.1. The molecule has 0 saturated carbocycles. The molecule has 10 rings (SSSR count). The molecule has 382 valence electrons. The summed E-state index contributed by atoms with van der Waals surface area (Å²) in [5, 5.41) is 84.7. The molecule has 16 heteroatoms. The van der Waals surface area contributed by atoms with Crippen molar-refractivity contribution in [1.82, 2.24) is 15.0 Å². The van der Waals surface area contributed by atoms with E-state index >= 15 is 4.39 Å². The monoisotopic (exact) mass is 1040 g/mol. The maximum Gasteiger partial charge on any atom is 0.252 e. The first-order chi connectivity index (χ1) is 36.7. The van der Waals surface area contributed by atoms with E-state index in [1.807, 2.05) is 91.0 Å². The highest BCUT2D eigenvalue weighted by molar-refractivity contribution is 6.15. The number of hydrogen-bond donors (Lipinski definition) is 7. The Hall–Kier alpha value is -8.58. The van der Waals surface area contributed by atoms with Gasteiger partial charge in [-0.25, -0.2) is 22.0 Å². The van der Waals surface area contributed by atoms with Gasteiger partial charge < -0.3 is 35.7 Å². The molecular formula is C61H43BF5N3O7. The second-order valence-corrected chi connectivity index (χ2v) is 18.6. The van der Waals surface area contributed by atoms with Gasteiger partial charge in [0.15, 0.2) is 7.85 Å². The van der Waals surface area contributed by atoms with Crippen LogP contribution < -0.4 is 0 Å². The Morgan fingerprint density at radius 2 is 0.740 bits per heavy atom. The van der Waals surface area contributed by atoms with E-state index in [0.717, 1.165) is 97.6 Å².